The number of ether oxygens (including phenoxy) is 1. The van der Waals surface area contributed by atoms with E-state index in [4.69, 9.17) is 4.74 Å². The average Bonchev–Trinajstić information content (AvgIpc) is 2.46. The van der Waals surface area contributed by atoms with Gasteiger partial charge in [-0.1, -0.05) is 0 Å². The zero-order chi connectivity index (χ0) is 13.2. The first-order chi connectivity index (χ1) is 9.26. The summed E-state index contributed by atoms with van der Waals surface area (Å²) in [7, 11) is 0. The number of carbonyl (C=O) groups is 2. The lowest BCUT2D eigenvalue weighted by molar-refractivity contribution is -0.118. The number of fused-ring (bicyclic) bond motifs is 1. The van der Waals surface area contributed by atoms with Crippen LogP contribution in [0, 0.1) is 0 Å². The van der Waals surface area contributed by atoms with Gasteiger partial charge in [0.15, 0.2) is 6.61 Å². The van der Waals surface area contributed by atoms with E-state index in [1.54, 1.807) is 0 Å². The minimum absolute atomic E-state index is 0.0515. The third kappa shape index (κ3) is 2.29. The summed E-state index contributed by atoms with van der Waals surface area (Å²) in [6.07, 6.45) is 2.31. The first-order valence-electron chi connectivity index (χ1n) is 6.11. The van der Waals surface area contributed by atoms with E-state index < -0.39 is 0 Å². The van der Waals surface area contributed by atoms with Crippen molar-refractivity contribution in [2.75, 3.05) is 11.9 Å². The largest absolute Gasteiger partial charge is 0.482 e. The number of nitrogens with one attached hydrogen (secondary N) is 2. The van der Waals surface area contributed by atoms with Gasteiger partial charge >= 0.3 is 0 Å². The summed E-state index contributed by atoms with van der Waals surface area (Å²) in [5.41, 5.74) is 5.26. The third-order valence-electron chi connectivity index (χ3n) is 3.17. The van der Waals surface area contributed by atoms with Crippen LogP contribution in [-0.2, 0) is 9.59 Å². The van der Waals surface area contributed by atoms with Crippen LogP contribution in [0.3, 0.4) is 0 Å². The standard InChI is InChI=1S/C13H13N3O3/c17-6-9-2-3-10(16-15-9)8-1-4-12-11(5-8)14-13(18)7-19-12/h1,4-6,9,15H,2-3,7H2,(H,14,18). The van der Waals surface area contributed by atoms with E-state index in [-0.39, 0.29) is 18.6 Å². The van der Waals surface area contributed by atoms with E-state index in [9.17, 15) is 9.59 Å². The van der Waals surface area contributed by atoms with Gasteiger partial charge in [0.25, 0.3) is 5.91 Å². The van der Waals surface area contributed by atoms with Gasteiger partial charge in [-0.15, -0.1) is 0 Å². The Hall–Kier alpha value is -2.37. The molecule has 0 fully saturated rings. The Morgan fingerprint density at radius 2 is 2.32 bits per heavy atom. The van der Waals surface area contributed by atoms with E-state index in [0.29, 0.717) is 11.4 Å². The van der Waals surface area contributed by atoms with Crippen molar-refractivity contribution >= 4 is 23.6 Å². The lowest BCUT2D eigenvalue weighted by Crippen LogP contribution is -2.32. The first kappa shape index (κ1) is 11.7. The molecule has 0 saturated heterocycles. The molecule has 1 aromatic carbocycles. The zero-order valence-electron chi connectivity index (χ0n) is 10.2. The topological polar surface area (TPSA) is 79.8 Å². The van der Waals surface area contributed by atoms with Crippen LogP contribution in [-0.4, -0.2) is 30.6 Å². The van der Waals surface area contributed by atoms with E-state index in [0.717, 1.165) is 30.4 Å². The van der Waals surface area contributed by atoms with Gasteiger partial charge in [0.2, 0.25) is 0 Å². The number of hydrogen-bond acceptors (Lipinski definition) is 5. The van der Waals surface area contributed by atoms with Gasteiger partial charge in [0, 0.05) is 5.56 Å². The van der Waals surface area contributed by atoms with Gasteiger partial charge < -0.3 is 14.8 Å². The number of carbonyl (C=O) groups excluding carboxylic acids is 2. The molecule has 0 saturated carbocycles. The molecule has 0 aliphatic carbocycles. The number of nitrogens with zero attached hydrogens (tertiary/aromatic N) is 1. The molecule has 0 spiro atoms. The molecule has 1 atom stereocenters. The Morgan fingerprint density at radius 1 is 1.42 bits per heavy atom. The van der Waals surface area contributed by atoms with E-state index in [1.807, 2.05) is 18.2 Å². The van der Waals surface area contributed by atoms with Crippen molar-refractivity contribution in [3.63, 3.8) is 0 Å². The molecule has 6 nitrogen and oxygen atoms in total. The summed E-state index contributed by atoms with van der Waals surface area (Å²) in [6, 6.07) is 5.36. The van der Waals surface area contributed by atoms with Gasteiger partial charge in [-0.25, -0.2) is 0 Å². The Bertz CT molecular complexity index is 568. The first-order valence-corrected chi connectivity index (χ1v) is 6.11. The molecular formula is C13H13N3O3. The molecule has 2 heterocycles. The maximum Gasteiger partial charge on any atom is 0.262 e. The lowest BCUT2D eigenvalue weighted by Gasteiger charge is -2.21. The van der Waals surface area contributed by atoms with Crippen molar-refractivity contribution in [3.05, 3.63) is 23.8 Å². The molecule has 2 aliphatic rings. The fourth-order valence-electron chi connectivity index (χ4n) is 2.14. The van der Waals surface area contributed by atoms with E-state index in [2.05, 4.69) is 15.8 Å². The van der Waals surface area contributed by atoms with Crippen LogP contribution in [0.1, 0.15) is 18.4 Å². The van der Waals surface area contributed by atoms with Gasteiger partial charge in [-0.05, 0) is 31.0 Å². The summed E-state index contributed by atoms with van der Waals surface area (Å²) in [5.74, 6) is 0.507. The monoisotopic (exact) mass is 259 g/mol. The summed E-state index contributed by atoms with van der Waals surface area (Å²) >= 11 is 0. The highest BCUT2D eigenvalue weighted by atomic mass is 16.5. The van der Waals surface area contributed by atoms with Crippen molar-refractivity contribution < 1.29 is 14.3 Å². The molecule has 0 bridgehead atoms. The van der Waals surface area contributed by atoms with Crippen molar-refractivity contribution in [2.24, 2.45) is 5.10 Å². The van der Waals surface area contributed by atoms with Crippen LogP contribution in [0.5, 0.6) is 5.75 Å². The van der Waals surface area contributed by atoms with Gasteiger partial charge in [0.1, 0.15) is 12.0 Å². The smallest absolute Gasteiger partial charge is 0.262 e. The molecule has 1 unspecified atom stereocenters. The Balaban J connectivity index is 1.86. The van der Waals surface area contributed by atoms with Gasteiger partial charge in [-0.3, -0.25) is 10.2 Å². The Kier molecular flexibility index (Phi) is 2.91. The highest BCUT2D eigenvalue weighted by Gasteiger charge is 2.19. The van der Waals surface area contributed by atoms with Crippen LogP contribution < -0.4 is 15.5 Å². The van der Waals surface area contributed by atoms with Crippen LogP contribution in [0.25, 0.3) is 0 Å². The molecule has 2 aliphatic heterocycles. The van der Waals surface area contributed by atoms with E-state index in [1.165, 1.54) is 0 Å². The summed E-state index contributed by atoms with van der Waals surface area (Å²) < 4.78 is 5.30. The average molecular weight is 259 g/mol. The predicted molar refractivity (Wildman–Crippen MR) is 69.3 cm³/mol. The van der Waals surface area contributed by atoms with Gasteiger partial charge in [-0.2, -0.15) is 5.10 Å². The number of anilines is 1. The summed E-state index contributed by atoms with van der Waals surface area (Å²) in [4.78, 5) is 21.9. The fourth-order valence-corrected chi connectivity index (χ4v) is 2.14. The SMILES string of the molecule is O=CC1CCC(c2ccc3c(c2)NC(=O)CO3)=NN1. The van der Waals surface area contributed by atoms with Crippen LogP contribution in [0.4, 0.5) is 5.69 Å². The highest BCUT2D eigenvalue weighted by Crippen LogP contribution is 2.29. The van der Waals surface area contributed by atoms with Gasteiger partial charge in [0.05, 0.1) is 17.4 Å². The van der Waals surface area contributed by atoms with Crippen LogP contribution in [0.2, 0.25) is 0 Å². The number of hydrogen-bond donors (Lipinski definition) is 2. The second-order valence-corrected chi connectivity index (χ2v) is 4.52. The highest BCUT2D eigenvalue weighted by molar-refractivity contribution is 6.03. The zero-order valence-corrected chi connectivity index (χ0v) is 10.2. The molecule has 1 aromatic rings. The predicted octanol–water partition coefficient (Wildman–Crippen LogP) is 0.672. The second kappa shape index (κ2) is 4.72. The molecule has 98 valence electrons. The van der Waals surface area contributed by atoms with Crippen LogP contribution >= 0.6 is 0 Å². The summed E-state index contributed by atoms with van der Waals surface area (Å²) in [6.45, 7) is 0.0515. The van der Waals surface area contributed by atoms with Crippen molar-refractivity contribution in [1.29, 1.82) is 0 Å². The quantitative estimate of drug-likeness (QED) is 0.765. The van der Waals surface area contributed by atoms with E-state index >= 15 is 0 Å². The van der Waals surface area contributed by atoms with Crippen molar-refractivity contribution in [2.45, 2.75) is 18.9 Å². The third-order valence-corrected chi connectivity index (χ3v) is 3.17. The number of benzene rings is 1. The normalized spacial score (nSPS) is 21.4. The molecule has 2 N–H and O–H groups in total. The molecular weight excluding hydrogens is 246 g/mol. The Labute approximate surface area is 109 Å². The molecule has 6 heteroatoms. The number of amides is 1. The number of rotatable bonds is 2. The number of hydrazone groups is 1. The maximum atomic E-state index is 11.3. The fraction of sp³-hybridized carbons (Fsp3) is 0.308. The lowest BCUT2D eigenvalue weighted by atomic mass is 10.0. The summed E-state index contributed by atoms with van der Waals surface area (Å²) in [5, 5.41) is 6.97. The molecule has 0 aromatic heterocycles. The minimum Gasteiger partial charge on any atom is -0.482 e. The van der Waals surface area contributed by atoms with Crippen molar-refractivity contribution in [1.82, 2.24) is 5.43 Å². The molecule has 1 amide bonds. The molecule has 19 heavy (non-hydrogen) atoms. The van der Waals surface area contributed by atoms with Crippen LogP contribution in [0.15, 0.2) is 23.3 Å². The molecule has 0 radical (unpaired) electrons. The Morgan fingerprint density at radius 3 is 3.05 bits per heavy atom. The maximum absolute atomic E-state index is 11.3. The molecule has 3 rings (SSSR count). The second-order valence-electron chi connectivity index (χ2n) is 4.52. The minimum atomic E-state index is -0.204. The van der Waals surface area contributed by atoms with Crippen molar-refractivity contribution in [3.8, 4) is 5.75 Å². The number of aldehydes is 1.